The largest absolute Gasteiger partial charge is 0.386 e. The quantitative estimate of drug-likeness (QED) is 0.661. The van der Waals surface area contributed by atoms with Crippen LogP contribution in [0.25, 0.3) is 0 Å². The summed E-state index contributed by atoms with van der Waals surface area (Å²) in [5.41, 5.74) is 0.520. The molecule has 1 fully saturated rings. The van der Waals surface area contributed by atoms with Gasteiger partial charge in [-0.2, -0.15) is 11.8 Å². The van der Waals surface area contributed by atoms with E-state index in [0.29, 0.717) is 5.69 Å². The average Bonchev–Trinajstić information content (AvgIpc) is 2.46. The fraction of sp³-hybridized carbons (Fsp3) is 0.615. The minimum absolute atomic E-state index is 0.0884. The van der Waals surface area contributed by atoms with Crippen LogP contribution in [-0.4, -0.2) is 27.5 Å². The lowest BCUT2D eigenvalue weighted by atomic mass is 9.88. The zero-order chi connectivity index (χ0) is 13.7. The summed E-state index contributed by atoms with van der Waals surface area (Å²) in [6.45, 7) is 0.765. The van der Waals surface area contributed by atoms with Crippen LogP contribution >= 0.6 is 11.8 Å². The molecular formula is C13H19N3O2S. The zero-order valence-corrected chi connectivity index (χ0v) is 11.9. The minimum Gasteiger partial charge on any atom is -0.377 e. The molecule has 5 nitrogen and oxygen atoms in total. The third-order valence-electron chi connectivity index (χ3n) is 3.76. The molecule has 1 aliphatic rings. The molecule has 104 valence electrons. The average molecular weight is 281 g/mol. The van der Waals surface area contributed by atoms with E-state index < -0.39 is 4.92 Å². The highest BCUT2D eigenvalue weighted by molar-refractivity contribution is 8.00. The van der Waals surface area contributed by atoms with E-state index in [1.165, 1.54) is 38.3 Å². The highest BCUT2D eigenvalue weighted by Gasteiger charge is 2.31. The number of nitrogens with zero attached hydrogens (tertiary/aromatic N) is 2. The van der Waals surface area contributed by atoms with Gasteiger partial charge in [0.05, 0.1) is 0 Å². The van der Waals surface area contributed by atoms with Gasteiger partial charge in [0, 0.05) is 11.3 Å². The van der Waals surface area contributed by atoms with Crippen LogP contribution in [0.15, 0.2) is 18.3 Å². The van der Waals surface area contributed by atoms with Gasteiger partial charge in [-0.1, -0.05) is 19.3 Å². The number of anilines is 1. The van der Waals surface area contributed by atoms with Crippen molar-refractivity contribution in [1.29, 1.82) is 0 Å². The van der Waals surface area contributed by atoms with Crippen LogP contribution in [0.3, 0.4) is 0 Å². The Morgan fingerprint density at radius 1 is 1.47 bits per heavy atom. The number of nitrogens with one attached hydrogen (secondary N) is 1. The number of nitro groups is 1. The molecule has 0 amide bonds. The van der Waals surface area contributed by atoms with E-state index in [0.717, 1.165) is 6.54 Å². The molecule has 1 aromatic heterocycles. The van der Waals surface area contributed by atoms with E-state index in [1.54, 1.807) is 12.1 Å². The van der Waals surface area contributed by atoms with E-state index in [1.807, 2.05) is 11.8 Å². The van der Waals surface area contributed by atoms with Gasteiger partial charge in [0.25, 0.3) is 0 Å². The standard InChI is InChI=1S/C13H19N3O2S/c1-19-13(7-3-2-4-8-13)10-15-11-6-5-9-14-12(11)16(17)18/h5-6,9,15H,2-4,7-8,10H2,1H3. The van der Waals surface area contributed by atoms with Crippen molar-refractivity contribution >= 4 is 23.3 Å². The van der Waals surface area contributed by atoms with Crippen LogP contribution in [0.1, 0.15) is 32.1 Å². The van der Waals surface area contributed by atoms with Gasteiger partial charge in [-0.15, -0.1) is 0 Å². The summed E-state index contributed by atoms with van der Waals surface area (Å²) in [4.78, 5) is 14.3. The van der Waals surface area contributed by atoms with Crippen LogP contribution in [0.4, 0.5) is 11.5 Å². The highest BCUT2D eigenvalue weighted by Crippen LogP contribution is 2.39. The van der Waals surface area contributed by atoms with Crippen LogP contribution in [0.2, 0.25) is 0 Å². The molecule has 1 aliphatic carbocycles. The van der Waals surface area contributed by atoms with Gasteiger partial charge in [-0.3, -0.25) is 0 Å². The first-order chi connectivity index (χ1) is 9.17. The first kappa shape index (κ1) is 14.1. The third-order valence-corrected chi connectivity index (χ3v) is 5.18. The maximum absolute atomic E-state index is 10.9. The zero-order valence-electron chi connectivity index (χ0n) is 11.1. The molecule has 6 heteroatoms. The number of aromatic nitrogens is 1. The number of rotatable bonds is 5. The Kier molecular flexibility index (Phi) is 4.63. The predicted molar refractivity (Wildman–Crippen MR) is 78.7 cm³/mol. The lowest BCUT2D eigenvalue weighted by Crippen LogP contribution is -2.35. The van der Waals surface area contributed by atoms with Crippen molar-refractivity contribution in [2.45, 2.75) is 36.9 Å². The van der Waals surface area contributed by atoms with Gasteiger partial charge in [0.15, 0.2) is 0 Å². The van der Waals surface area contributed by atoms with E-state index in [9.17, 15) is 10.1 Å². The lowest BCUT2D eigenvalue weighted by Gasteiger charge is -2.36. The van der Waals surface area contributed by atoms with Gasteiger partial charge in [0.2, 0.25) is 0 Å². The van der Waals surface area contributed by atoms with E-state index in [-0.39, 0.29) is 10.6 Å². The Morgan fingerprint density at radius 2 is 2.21 bits per heavy atom. The SMILES string of the molecule is CSC1(CNc2cccnc2[N+](=O)[O-])CCCCC1. The van der Waals surface area contributed by atoms with Gasteiger partial charge in [-0.25, -0.2) is 0 Å². The molecule has 1 heterocycles. The predicted octanol–water partition coefficient (Wildman–Crippen LogP) is 3.47. The van der Waals surface area contributed by atoms with Crippen molar-refractivity contribution in [2.75, 3.05) is 18.1 Å². The smallest absolute Gasteiger partial charge is 0.377 e. The van der Waals surface area contributed by atoms with Gasteiger partial charge in [-0.05, 0) is 41.1 Å². The summed E-state index contributed by atoms with van der Waals surface area (Å²) in [6, 6.07) is 3.45. The molecule has 0 radical (unpaired) electrons. The fourth-order valence-corrected chi connectivity index (χ4v) is 3.50. The Bertz CT molecular complexity index is 447. The van der Waals surface area contributed by atoms with Crippen LogP contribution in [0.5, 0.6) is 0 Å². The third kappa shape index (κ3) is 3.37. The van der Waals surface area contributed by atoms with Gasteiger partial charge >= 0.3 is 5.82 Å². The normalized spacial score (nSPS) is 17.9. The first-order valence-corrected chi connectivity index (χ1v) is 7.78. The molecule has 19 heavy (non-hydrogen) atoms. The molecule has 0 atom stereocenters. The molecule has 0 aromatic carbocycles. The lowest BCUT2D eigenvalue weighted by molar-refractivity contribution is -0.388. The van der Waals surface area contributed by atoms with Crippen LogP contribution in [0, 0.1) is 10.1 Å². The highest BCUT2D eigenvalue weighted by atomic mass is 32.2. The Labute approximate surface area is 117 Å². The topological polar surface area (TPSA) is 68.1 Å². The second-order valence-corrected chi connectivity index (χ2v) is 6.21. The number of thioether (sulfide) groups is 1. The Balaban J connectivity index is 2.07. The summed E-state index contributed by atoms with van der Waals surface area (Å²) in [6.07, 6.45) is 9.73. The fourth-order valence-electron chi connectivity index (χ4n) is 2.59. The minimum atomic E-state index is -0.436. The number of hydrogen-bond donors (Lipinski definition) is 1. The second kappa shape index (κ2) is 6.23. The van der Waals surface area contributed by atoms with Crippen LogP contribution < -0.4 is 5.32 Å². The summed E-state index contributed by atoms with van der Waals surface area (Å²) in [5, 5.41) is 14.2. The van der Waals surface area contributed by atoms with E-state index in [4.69, 9.17) is 0 Å². The molecule has 1 saturated carbocycles. The molecule has 0 aliphatic heterocycles. The number of pyridine rings is 1. The summed E-state index contributed by atoms with van der Waals surface area (Å²) in [5.74, 6) is -0.0884. The molecular weight excluding hydrogens is 262 g/mol. The molecule has 0 saturated heterocycles. The van der Waals surface area contributed by atoms with Gasteiger partial charge < -0.3 is 15.4 Å². The summed E-state index contributed by atoms with van der Waals surface area (Å²) >= 11 is 1.87. The summed E-state index contributed by atoms with van der Waals surface area (Å²) in [7, 11) is 0. The molecule has 0 unspecified atom stereocenters. The van der Waals surface area contributed by atoms with Crippen molar-refractivity contribution in [2.24, 2.45) is 0 Å². The Hall–Kier alpha value is -1.30. The van der Waals surface area contributed by atoms with Crippen molar-refractivity contribution in [3.05, 3.63) is 28.4 Å². The monoisotopic (exact) mass is 281 g/mol. The molecule has 2 rings (SSSR count). The molecule has 0 spiro atoms. The number of hydrogen-bond acceptors (Lipinski definition) is 5. The van der Waals surface area contributed by atoms with Crippen molar-refractivity contribution in [3.63, 3.8) is 0 Å². The summed E-state index contributed by atoms with van der Waals surface area (Å²) < 4.78 is 0.210. The Morgan fingerprint density at radius 3 is 2.84 bits per heavy atom. The van der Waals surface area contributed by atoms with Crippen molar-refractivity contribution < 1.29 is 4.92 Å². The van der Waals surface area contributed by atoms with E-state index >= 15 is 0 Å². The maximum Gasteiger partial charge on any atom is 0.386 e. The molecule has 0 bridgehead atoms. The van der Waals surface area contributed by atoms with Crippen LogP contribution in [-0.2, 0) is 0 Å². The molecule has 1 N–H and O–H groups in total. The van der Waals surface area contributed by atoms with Gasteiger partial charge in [0.1, 0.15) is 11.9 Å². The second-order valence-electron chi connectivity index (χ2n) is 4.93. The maximum atomic E-state index is 10.9. The van der Waals surface area contributed by atoms with Crippen molar-refractivity contribution in [1.82, 2.24) is 4.98 Å². The van der Waals surface area contributed by atoms with E-state index in [2.05, 4.69) is 16.6 Å². The molecule has 1 aromatic rings. The van der Waals surface area contributed by atoms with Crippen molar-refractivity contribution in [3.8, 4) is 0 Å². The first-order valence-electron chi connectivity index (χ1n) is 6.55.